The van der Waals surface area contributed by atoms with E-state index in [1.807, 2.05) is 0 Å². The largest absolute Gasteiger partial charge is 0.507 e. The van der Waals surface area contributed by atoms with Gasteiger partial charge in [0.05, 0.1) is 13.4 Å². The summed E-state index contributed by atoms with van der Waals surface area (Å²) in [5.74, 6) is 0.487. The number of aromatic hydroxyl groups is 2. The lowest BCUT2D eigenvalue weighted by Crippen LogP contribution is -1.71. The second kappa shape index (κ2) is 8.02. The van der Waals surface area contributed by atoms with Gasteiger partial charge in [0, 0.05) is 8.95 Å². The Morgan fingerprint density at radius 3 is 1.53 bits per heavy atom. The first-order valence-corrected chi connectivity index (χ1v) is 8.75. The first kappa shape index (κ1) is 17.5. The molecule has 0 aliphatic rings. The molecule has 2 rings (SSSR count). The molecule has 0 aliphatic carbocycles. The first-order chi connectivity index (χ1) is 8.81. The normalized spacial score (nSPS) is 9.74. The Morgan fingerprint density at radius 1 is 0.632 bits per heavy atom. The summed E-state index contributed by atoms with van der Waals surface area (Å²) < 4.78 is 3.93. The Hall–Kier alpha value is 0.440. The lowest BCUT2D eigenvalue weighted by Gasteiger charge is -1.99. The third-order valence-electron chi connectivity index (χ3n) is 1.89. The summed E-state index contributed by atoms with van der Waals surface area (Å²) in [5, 5.41) is 18.2. The minimum Gasteiger partial charge on any atom is -0.507 e. The van der Waals surface area contributed by atoms with Crippen LogP contribution in [0.15, 0.2) is 52.7 Å². The molecule has 0 fully saturated rings. The fourth-order valence-corrected chi connectivity index (χ4v) is 4.32. The van der Waals surface area contributed by atoms with Crippen molar-refractivity contribution in [3.8, 4) is 11.5 Å². The van der Waals surface area contributed by atoms with Gasteiger partial charge >= 0.3 is 0 Å². The van der Waals surface area contributed by atoms with Crippen LogP contribution in [0.4, 0.5) is 0 Å². The van der Waals surface area contributed by atoms with Gasteiger partial charge in [-0.3, -0.25) is 0 Å². The van der Waals surface area contributed by atoms with Gasteiger partial charge in [0.15, 0.2) is 0 Å². The van der Waals surface area contributed by atoms with Gasteiger partial charge in [-0.05, 0) is 78.1 Å². The molecule has 0 aromatic heterocycles. The van der Waals surface area contributed by atoms with E-state index >= 15 is 0 Å². The van der Waals surface area contributed by atoms with Gasteiger partial charge < -0.3 is 10.2 Å². The fourth-order valence-electron chi connectivity index (χ4n) is 1.02. The van der Waals surface area contributed by atoms with Crippen molar-refractivity contribution in [2.45, 2.75) is 0 Å². The number of hydrogen-bond donors (Lipinski definition) is 2. The molecule has 0 amide bonds. The Bertz CT molecular complexity index is 563. The molecule has 0 saturated carbocycles. The predicted molar refractivity (Wildman–Crippen MR) is 94.7 cm³/mol. The summed E-state index contributed by atoms with van der Waals surface area (Å²) in [4.78, 5) is 0. The minimum absolute atomic E-state index is 0.225. The fraction of sp³-hybridized carbons (Fsp3) is 0. The summed E-state index contributed by atoms with van der Waals surface area (Å²) in [6, 6.07) is 8.74. The molecular formula is C12H7Br5O2. The Morgan fingerprint density at radius 2 is 1.11 bits per heavy atom. The molecule has 2 nitrogen and oxygen atoms in total. The van der Waals surface area contributed by atoms with E-state index in [0.717, 1.165) is 8.95 Å². The monoisotopic (exact) mass is 578 g/mol. The maximum absolute atomic E-state index is 9.22. The van der Waals surface area contributed by atoms with Crippen LogP contribution in [0.5, 0.6) is 11.5 Å². The van der Waals surface area contributed by atoms with E-state index in [9.17, 15) is 5.11 Å². The van der Waals surface area contributed by atoms with Crippen LogP contribution in [-0.4, -0.2) is 10.2 Å². The van der Waals surface area contributed by atoms with Crippen molar-refractivity contribution in [1.82, 2.24) is 0 Å². The minimum atomic E-state index is 0.225. The SMILES string of the molecule is Oc1c(Br)cc(Br)cc1Br.Oc1ccc(Br)cc1Br. The molecular weight excluding hydrogens is 576 g/mol. The summed E-state index contributed by atoms with van der Waals surface area (Å²) in [6.07, 6.45) is 0. The highest BCUT2D eigenvalue weighted by atomic mass is 79.9. The lowest BCUT2D eigenvalue weighted by molar-refractivity contribution is 0.468. The summed E-state index contributed by atoms with van der Waals surface area (Å²) in [6.45, 7) is 0. The van der Waals surface area contributed by atoms with E-state index in [1.165, 1.54) is 0 Å². The quantitative estimate of drug-likeness (QED) is 0.368. The summed E-state index contributed by atoms with van der Waals surface area (Å²) in [7, 11) is 0. The number of phenolic OH excluding ortho intramolecular Hbond substituents is 2. The average Bonchev–Trinajstić information content (AvgIpc) is 2.32. The van der Waals surface area contributed by atoms with Crippen molar-refractivity contribution in [3.63, 3.8) is 0 Å². The molecule has 2 aromatic carbocycles. The number of rotatable bonds is 0. The standard InChI is InChI=1S/C6H3Br3O.C6H4Br2O/c7-3-1-4(8)6(10)5(9)2-3;7-4-1-2-6(9)5(8)3-4/h1-2,10H;1-3,9H. The number of phenols is 2. The molecule has 7 heteroatoms. The van der Waals surface area contributed by atoms with Gasteiger partial charge in [0.25, 0.3) is 0 Å². The van der Waals surface area contributed by atoms with Crippen LogP contribution >= 0.6 is 79.6 Å². The summed E-state index contributed by atoms with van der Waals surface area (Å²) in [5.41, 5.74) is 0. The number of halogens is 5. The first-order valence-electron chi connectivity index (χ1n) is 4.78. The molecule has 0 atom stereocenters. The highest BCUT2D eigenvalue weighted by molar-refractivity contribution is 9.12. The van der Waals surface area contributed by atoms with E-state index in [0.29, 0.717) is 13.4 Å². The van der Waals surface area contributed by atoms with Gasteiger partial charge in [0.2, 0.25) is 0 Å². The topological polar surface area (TPSA) is 40.5 Å². The number of hydrogen-bond acceptors (Lipinski definition) is 2. The van der Waals surface area contributed by atoms with Crippen LogP contribution in [0.1, 0.15) is 0 Å². The third-order valence-corrected chi connectivity index (χ3v) is 4.69. The average molecular weight is 583 g/mol. The molecule has 2 aromatic rings. The molecule has 19 heavy (non-hydrogen) atoms. The lowest BCUT2D eigenvalue weighted by atomic mass is 10.3. The zero-order valence-corrected chi connectivity index (χ0v) is 17.1. The van der Waals surface area contributed by atoms with Gasteiger partial charge in [-0.1, -0.05) is 31.9 Å². The second-order valence-electron chi connectivity index (χ2n) is 3.31. The van der Waals surface area contributed by atoms with Gasteiger partial charge in [0.1, 0.15) is 11.5 Å². The molecule has 0 radical (unpaired) electrons. The van der Waals surface area contributed by atoms with Crippen LogP contribution in [-0.2, 0) is 0 Å². The van der Waals surface area contributed by atoms with Crippen LogP contribution in [0.2, 0.25) is 0 Å². The van der Waals surface area contributed by atoms with Crippen LogP contribution < -0.4 is 0 Å². The van der Waals surface area contributed by atoms with E-state index < -0.39 is 0 Å². The summed E-state index contributed by atoms with van der Waals surface area (Å²) >= 11 is 16.1. The van der Waals surface area contributed by atoms with Crippen molar-refractivity contribution in [2.24, 2.45) is 0 Å². The maximum atomic E-state index is 9.22. The van der Waals surface area contributed by atoms with Crippen molar-refractivity contribution >= 4 is 79.6 Å². The third kappa shape index (κ3) is 5.75. The predicted octanol–water partition coefficient (Wildman–Crippen LogP) is 6.60. The smallest absolute Gasteiger partial charge is 0.144 e. The van der Waals surface area contributed by atoms with Crippen LogP contribution in [0.25, 0.3) is 0 Å². The molecule has 0 saturated heterocycles. The molecule has 0 spiro atoms. The van der Waals surface area contributed by atoms with Crippen molar-refractivity contribution in [1.29, 1.82) is 0 Å². The van der Waals surface area contributed by atoms with Gasteiger partial charge in [-0.2, -0.15) is 0 Å². The molecule has 0 heterocycles. The molecule has 0 aliphatic heterocycles. The zero-order chi connectivity index (χ0) is 14.6. The molecule has 0 unspecified atom stereocenters. The van der Waals surface area contributed by atoms with Crippen molar-refractivity contribution < 1.29 is 10.2 Å². The Balaban J connectivity index is 0.000000191. The van der Waals surface area contributed by atoms with E-state index in [1.54, 1.807) is 30.3 Å². The molecule has 102 valence electrons. The highest BCUT2D eigenvalue weighted by Crippen LogP contribution is 2.34. The van der Waals surface area contributed by atoms with Crippen molar-refractivity contribution in [3.05, 3.63) is 52.7 Å². The van der Waals surface area contributed by atoms with Gasteiger partial charge in [-0.25, -0.2) is 0 Å². The van der Waals surface area contributed by atoms with Crippen LogP contribution in [0, 0.1) is 0 Å². The van der Waals surface area contributed by atoms with E-state index in [4.69, 9.17) is 5.11 Å². The molecule has 2 N–H and O–H groups in total. The second-order valence-corrected chi connectivity index (χ2v) is 7.71. The van der Waals surface area contributed by atoms with Crippen molar-refractivity contribution in [2.75, 3.05) is 0 Å². The van der Waals surface area contributed by atoms with Crippen LogP contribution in [0.3, 0.4) is 0 Å². The maximum Gasteiger partial charge on any atom is 0.144 e. The Kier molecular flexibility index (Phi) is 7.39. The molecule has 0 bridgehead atoms. The zero-order valence-electron chi connectivity index (χ0n) is 9.17. The van der Waals surface area contributed by atoms with Gasteiger partial charge in [-0.15, -0.1) is 0 Å². The van der Waals surface area contributed by atoms with E-state index in [2.05, 4.69) is 79.6 Å². The Labute approximate surface area is 152 Å². The number of benzene rings is 2. The highest BCUT2D eigenvalue weighted by Gasteiger charge is 2.02. The van der Waals surface area contributed by atoms with E-state index in [-0.39, 0.29) is 11.5 Å².